The van der Waals surface area contributed by atoms with Crippen LogP contribution >= 0.6 is 0 Å². The van der Waals surface area contributed by atoms with Crippen LogP contribution in [0.5, 0.6) is 0 Å². The van der Waals surface area contributed by atoms with Crippen LogP contribution in [-0.4, -0.2) is 37.1 Å². The molecule has 1 fully saturated rings. The van der Waals surface area contributed by atoms with Crippen molar-refractivity contribution in [1.29, 1.82) is 0 Å². The van der Waals surface area contributed by atoms with Crippen LogP contribution in [0.25, 0.3) is 0 Å². The van der Waals surface area contributed by atoms with Crippen LogP contribution in [0.3, 0.4) is 0 Å². The predicted molar refractivity (Wildman–Crippen MR) is 67.2 cm³/mol. The molecule has 2 nitrogen and oxygen atoms in total. The van der Waals surface area contributed by atoms with Gasteiger partial charge in [0.1, 0.15) is 0 Å². The fourth-order valence-electron chi connectivity index (χ4n) is 2.15. The lowest BCUT2D eigenvalue weighted by Gasteiger charge is -2.21. The van der Waals surface area contributed by atoms with Crippen LogP contribution in [0.2, 0.25) is 0 Å². The first-order chi connectivity index (χ1) is 7.26. The lowest BCUT2D eigenvalue weighted by Crippen LogP contribution is -2.36. The second kappa shape index (κ2) is 7.24. The molecule has 0 aliphatic heterocycles. The molecule has 0 amide bonds. The molecule has 90 valence electrons. The largest absolute Gasteiger partial charge is 0.313 e. The molecule has 0 aromatic heterocycles. The highest BCUT2D eigenvalue weighted by Gasteiger charge is 2.23. The van der Waals surface area contributed by atoms with E-state index in [0.717, 1.165) is 18.5 Å². The van der Waals surface area contributed by atoms with Crippen molar-refractivity contribution in [3.63, 3.8) is 0 Å². The highest BCUT2D eigenvalue weighted by atomic mass is 15.1. The Labute approximate surface area is 95.4 Å². The van der Waals surface area contributed by atoms with Gasteiger partial charge in [-0.2, -0.15) is 0 Å². The van der Waals surface area contributed by atoms with E-state index in [-0.39, 0.29) is 0 Å². The summed E-state index contributed by atoms with van der Waals surface area (Å²) in [5.41, 5.74) is 0. The average Bonchev–Trinajstić information content (AvgIpc) is 3.00. The number of likely N-dealkylation sites (N-methyl/N-ethyl adjacent to an activating group) is 1. The summed E-state index contributed by atoms with van der Waals surface area (Å²) in [6, 6.07) is 0.720. The molecule has 0 bridgehead atoms. The van der Waals surface area contributed by atoms with Gasteiger partial charge in [0.05, 0.1) is 0 Å². The van der Waals surface area contributed by atoms with Crippen molar-refractivity contribution in [3.8, 4) is 0 Å². The minimum atomic E-state index is 0.720. The van der Waals surface area contributed by atoms with Crippen LogP contribution in [0.4, 0.5) is 0 Å². The molecule has 0 radical (unpaired) electrons. The Bertz CT molecular complexity index is 155. The summed E-state index contributed by atoms with van der Waals surface area (Å²) in [6.45, 7) is 11.6. The van der Waals surface area contributed by atoms with Gasteiger partial charge in [-0.3, -0.25) is 0 Å². The van der Waals surface area contributed by atoms with E-state index in [1.165, 1.54) is 45.3 Å². The van der Waals surface area contributed by atoms with Crippen molar-refractivity contribution in [2.45, 2.75) is 52.5 Å². The van der Waals surface area contributed by atoms with Gasteiger partial charge in [0, 0.05) is 19.1 Å². The lowest BCUT2D eigenvalue weighted by atomic mass is 10.1. The monoisotopic (exact) mass is 212 g/mol. The quantitative estimate of drug-likeness (QED) is 0.632. The zero-order valence-corrected chi connectivity index (χ0v) is 10.8. The van der Waals surface area contributed by atoms with Gasteiger partial charge < -0.3 is 10.2 Å². The Morgan fingerprint density at radius 1 is 1.27 bits per heavy atom. The van der Waals surface area contributed by atoms with Crippen molar-refractivity contribution in [1.82, 2.24) is 10.2 Å². The normalized spacial score (nSPS) is 18.4. The summed E-state index contributed by atoms with van der Waals surface area (Å²) in [6.07, 6.45) is 5.61. The third kappa shape index (κ3) is 6.16. The molecule has 1 saturated carbocycles. The Morgan fingerprint density at radius 2 is 2.00 bits per heavy atom. The standard InChI is InChI=1S/C13H28N2/c1-4-9-15(5-2)10-8-14-12(3)11-13-6-7-13/h12-14H,4-11H2,1-3H3. The van der Waals surface area contributed by atoms with Crippen molar-refractivity contribution >= 4 is 0 Å². The topological polar surface area (TPSA) is 15.3 Å². The van der Waals surface area contributed by atoms with E-state index < -0.39 is 0 Å². The van der Waals surface area contributed by atoms with E-state index in [9.17, 15) is 0 Å². The van der Waals surface area contributed by atoms with E-state index >= 15 is 0 Å². The molecule has 1 rings (SSSR count). The molecule has 2 heteroatoms. The lowest BCUT2D eigenvalue weighted by molar-refractivity contribution is 0.281. The van der Waals surface area contributed by atoms with Crippen molar-refractivity contribution in [3.05, 3.63) is 0 Å². The molecule has 0 aromatic carbocycles. The fourth-order valence-corrected chi connectivity index (χ4v) is 2.15. The molecule has 1 N–H and O–H groups in total. The smallest absolute Gasteiger partial charge is 0.0107 e. The predicted octanol–water partition coefficient (Wildman–Crippen LogP) is 2.50. The SMILES string of the molecule is CCCN(CC)CCNC(C)CC1CC1. The van der Waals surface area contributed by atoms with Gasteiger partial charge in [-0.15, -0.1) is 0 Å². The van der Waals surface area contributed by atoms with Crippen LogP contribution in [-0.2, 0) is 0 Å². The van der Waals surface area contributed by atoms with Crippen LogP contribution < -0.4 is 5.32 Å². The number of hydrogen-bond donors (Lipinski definition) is 1. The second-order valence-electron chi connectivity index (χ2n) is 4.97. The fraction of sp³-hybridized carbons (Fsp3) is 1.00. The summed E-state index contributed by atoms with van der Waals surface area (Å²) in [5, 5.41) is 3.64. The van der Waals surface area contributed by atoms with Gasteiger partial charge in [0.2, 0.25) is 0 Å². The molecule has 0 spiro atoms. The Kier molecular flexibility index (Phi) is 6.26. The first kappa shape index (κ1) is 13.0. The van der Waals surface area contributed by atoms with E-state index in [1.54, 1.807) is 0 Å². The molecule has 15 heavy (non-hydrogen) atoms. The van der Waals surface area contributed by atoms with E-state index in [0.29, 0.717) is 0 Å². The van der Waals surface area contributed by atoms with Gasteiger partial charge >= 0.3 is 0 Å². The molecule has 1 aliphatic carbocycles. The van der Waals surface area contributed by atoms with Gasteiger partial charge in [0.25, 0.3) is 0 Å². The summed E-state index contributed by atoms with van der Waals surface area (Å²) in [4.78, 5) is 2.52. The first-order valence-corrected chi connectivity index (χ1v) is 6.72. The average molecular weight is 212 g/mol. The number of hydrogen-bond acceptors (Lipinski definition) is 2. The molecular formula is C13H28N2. The second-order valence-corrected chi connectivity index (χ2v) is 4.97. The highest BCUT2D eigenvalue weighted by molar-refractivity contribution is 4.78. The highest BCUT2D eigenvalue weighted by Crippen LogP contribution is 2.33. The van der Waals surface area contributed by atoms with Gasteiger partial charge in [-0.05, 0) is 38.8 Å². The summed E-state index contributed by atoms with van der Waals surface area (Å²) in [7, 11) is 0. The Morgan fingerprint density at radius 3 is 2.53 bits per heavy atom. The molecule has 0 aromatic rings. The number of nitrogens with zero attached hydrogens (tertiary/aromatic N) is 1. The summed E-state index contributed by atoms with van der Waals surface area (Å²) in [5.74, 6) is 1.05. The van der Waals surface area contributed by atoms with Crippen molar-refractivity contribution < 1.29 is 0 Å². The zero-order chi connectivity index (χ0) is 11.1. The summed E-state index contributed by atoms with van der Waals surface area (Å²) >= 11 is 0. The molecular weight excluding hydrogens is 184 g/mol. The minimum absolute atomic E-state index is 0.720. The maximum Gasteiger partial charge on any atom is 0.0107 e. The first-order valence-electron chi connectivity index (χ1n) is 6.72. The van der Waals surface area contributed by atoms with E-state index in [4.69, 9.17) is 0 Å². The van der Waals surface area contributed by atoms with Crippen LogP contribution in [0.1, 0.15) is 46.5 Å². The minimum Gasteiger partial charge on any atom is -0.313 e. The molecule has 1 aliphatic rings. The zero-order valence-electron chi connectivity index (χ0n) is 10.8. The molecule has 0 saturated heterocycles. The van der Waals surface area contributed by atoms with Crippen LogP contribution in [0, 0.1) is 5.92 Å². The Hall–Kier alpha value is -0.0800. The number of rotatable bonds is 9. The molecule has 1 unspecified atom stereocenters. The van der Waals surface area contributed by atoms with Crippen molar-refractivity contribution in [2.24, 2.45) is 5.92 Å². The maximum absolute atomic E-state index is 3.64. The molecule has 1 atom stereocenters. The Balaban J connectivity index is 1.97. The van der Waals surface area contributed by atoms with E-state index in [2.05, 4.69) is 31.0 Å². The third-order valence-electron chi connectivity index (χ3n) is 3.29. The van der Waals surface area contributed by atoms with E-state index in [1.807, 2.05) is 0 Å². The summed E-state index contributed by atoms with van der Waals surface area (Å²) < 4.78 is 0. The maximum atomic E-state index is 3.64. The van der Waals surface area contributed by atoms with Gasteiger partial charge in [0.15, 0.2) is 0 Å². The third-order valence-corrected chi connectivity index (χ3v) is 3.29. The van der Waals surface area contributed by atoms with Crippen molar-refractivity contribution in [2.75, 3.05) is 26.2 Å². The van der Waals surface area contributed by atoms with Gasteiger partial charge in [-0.25, -0.2) is 0 Å². The molecule has 0 heterocycles. The van der Waals surface area contributed by atoms with Gasteiger partial charge in [-0.1, -0.05) is 26.7 Å². The van der Waals surface area contributed by atoms with Crippen LogP contribution in [0.15, 0.2) is 0 Å². The number of nitrogens with one attached hydrogen (secondary N) is 1.